The molecule has 0 fully saturated rings. The largest absolute Gasteiger partial charge is 0.472 e. The minimum Gasteiger partial charge on any atom is -0.472 e. The summed E-state index contributed by atoms with van der Waals surface area (Å²) in [6.45, 7) is 2.54. The van der Waals surface area contributed by atoms with Crippen molar-refractivity contribution >= 4 is 11.8 Å². The maximum atomic E-state index is 11.5. The van der Waals surface area contributed by atoms with Gasteiger partial charge in [0.2, 0.25) is 5.91 Å². The number of hydrogen-bond acceptors (Lipinski definition) is 4. The van der Waals surface area contributed by atoms with E-state index in [0.29, 0.717) is 18.5 Å². The predicted molar refractivity (Wildman–Crippen MR) is 69.6 cm³/mol. The molecule has 106 valence electrons. The van der Waals surface area contributed by atoms with Gasteiger partial charge in [-0.3, -0.25) is 9.59 Å². The highest BCUT2D eigenvalue weighted by molar-refractivity contribution is 5.93. The van der Waals surface area contributed by atoms with Gasteiger partial charge in [0.25, 0.3) is 5.91 Å². The van der Waals surface area contributed by atoms with Crippen LogP contribution >= 0.6 is 0 Å². The molecule has 0 saturated carbocycles. The SMILES string of the molecule is CC(O)CCCNC(=O)CCNC(=O)c1ccoc1. The van der Waals surface area contributed by atoms with Gasteiger partial charge < -0.3 is 20.2 Å². The standard InChI is InChI=1S/C13H20N2O4/c1-10(16)3-2-6-14-12(17)4-7-15-13(18)11-5-8-19-9-11/h5,8-10,16H,2-4,6-7H2,1H3,(H,14,17)(H,15,18). The molecule has 0 aromatic carbocycles. The van der Waals surface area contributed by atoms with Crippen molar-refractivity contribution in [3.05, 3.63) is 24.2 Å². The number of furan rings is 1. The zero-order chi connectivity index (χ0) is 14.1. The molecule has 0 bridgehead atoms. The van der Waals surface area contributed by atoms with E-state index in [0.717, 1.165) is 6.42 Å². The molecule has 1 rings (SSSR count). The van der Waals surface area contributed by atoms with E-state index in [1.807, 2.05) is 0 Å². The van der Waals surface area contributed by atoms with Crippen molar-refractivity contribution in [2.45, 2.75) is 32.3 Å². The summed E-state index contributed by atoms with van der Waals surface area (Å²) in [5, 5.41) is 14.4. The first kappa shape index (κ1) is 15.2. The first-order valence-corrected chi connectivity index (χ1v) is 6.34. The van der Waals surface area contributed by atoms with Gasteiger partial charge in [-0.25, -0.2) is 0 Å². The minimum atomic E-state index is -0.342. The maximum absolute atomic E-state index is 11.5. The average molecular weight is 268 g/mol. The molecule has 0 spiro atoms. The highest BCUT2D eigenvalue weighted by atomic mass is 16.3. The van der Waals surface area contributed by atoms with Crippen LogP contribution in [-0.4, -0.2) is 36.1 Å². The lowest BCUT2D eigenvalue weighted by molar-refractivity contribution is -0.120. The third-order valence-corrected chi connectivity index (χ3v) is 2.54. The van der Waals surface area contributed by atoms with Gasteiger partial charge in [-0.05, 0) is 25.8 Å². The van der Waals surface area contributed by atoms with Crippen LogP contribution in [0.15, 0.2) is 23.0 Å². The van der Waals surface area contributed by atoms with Crippen LogP contribution in [0.2, 0.25) is 0 Å². The molecule has 0 aliphatic heterocycles. The van der Waals surface area contributed by atoms with Gasteiger partial charge in [0, 0.05) is 19.5 Å². The fourth-order valence-corrected chi connectivity index (χ4v) is 1.50. The molecule has 1 heterocycles. The Bertz CT molecular complexity index is 387. The fourth-order valence-electron chi connectivity index (χ4n) is 1.50. The summed E-state index contributed by atoms with van der Waals surface area (Å²) >= 11 is 0. The highest BCUT2D eigenvalue weighted by Crippen LogP contribution is 1.98. The van der Waals surface area contributed by atoms with Gasteiger partial charge in [0.05, 0.1) is 17.9 Å². The van der Waals surface area contributed by atoms with Gasteiger partial charge in [-0.1, -0.05) is 0 Å². The van der Waals surface area contributed by atoms with E-state index < -0.39 is 0 Å². The summed E-state index contributed by atoms with van der Waals surface area (Å²) < 4.78 is 4.79. The summed E-state index contributed by atoms with van der Waals surface area (Å²) in [5.74, 6) is -0.367. The number of carbonyl (C=O) groups is 2. The molecular weight excluding hydrogens is 248 g/mol. The summed E-state index contributed by atoms with van der Waals surface area (Å²) in [7, 11) is 0. The summed E-state index contributed by atoms with van der Waals surface area (Å²) in [4.78, 5) is 22.9. The molecule has 0 aliphatic carbocycles. The van der Waals surface area contributed by atoms with E-state index in [2.05, 4.69) is 10.6 Å². The van der Waals surface area contributed by atoms with Crippen LogP contribution in [0.1, 0.15) is 36.5 Å². The molecular formula is C13H20N2O4. The van der Waals surface area contributed by atoms with Crippen molar-refractivity contribution in [1.29, 1.82) is 0 Å². The van der Waals surface area contributed by atoms with Crippen LogP contribution in [0.5, 0.6) is 0 Å². The van der Waals surface area contributed by atoms with Gasteiger partial charge in [-0.15, -0.1) is 0 Å². The Balaban J connectivity index is 2.06. The summed E-state index contributed by atoms with van der Waals surface area (Å²) in [5.41, 5.74) is 0.442. The molecule has 2 amide bonds. The van der Waals surface area contributed by atoms with Gasteiger partial charge in [-0.2, -0.15) is 0 Å². The van der Waals surface area contributed by atoms with Crippen molar-refractivity contribution in [3.8, 4) is 0 Å². The van der Waals surface area contributed by atoms with Gasteiger partial charge in [0.15, 0.2) is 0 Å². The van der Waals surface area contributed by atoms with Gasteiger partial charge in [0.1, 0.15) is 6.26 Å². The Morgan fingerprint density at radius 3 is 2.79 bits per heavy atom. The van der Waals surface area contributed by atoms with E-state index in [-0.39, 0.29) is 30.9 Å². The van der Waals surface area contributed by atoms with Crippen LogP contribution in [0, 0.1) is 0 Å². The smallest absolute Gasteiger partial charge is 0.254 e. The Hall–Kier alpha value is -1.82. The Morgan fingerprint density at radius 2 is 2.16 bits per heavy atom. The zero-order valence-electron chi connectivity index (χ0n) is 11.0. The second kappa shape index (κ2) is 8.31. The number of carbonyl (C=O) groups excluding carboxylic acids is 2. The average Bonchev–Trinajstić information content (AvgIpc) is 2.88. The minimum absolute atomic E-state index is 0.113. The van der Waals surface area contributed by atoms with Crippen LogP contribution in [0.3, 0.4) is 0 Å². The topological polar surface area (TPSA) is 91.6 Å². The number of amides is 2. The molecule has 0 aliphatic rings. The quantitative estimate of drug-likeness (QED) is 0.604. The first-order chi connectivity index (χ1) is 9.09. The zero-order valence-corrected chi connectivity index (χ0v) is 11.0. The Labute approximate surface area is 112 Å². The third kappa shape index (κ3) is 6.61. The van der Waals surface area contributed by atoms with Crippen molar-refractivity contribution in [3.63, 3.8) is 0 Å². The Kier molecular flexibility index (Phi) is 6.67. The lowest BCUT2D eigenvalue weighted by Gasteiger charge is -2.07. The first-order valence-electron chi connectivity index (χ1n) is 6.34. The van der Waals surface area contributed by atoms with Crippen molar-refractivity contribution in [2.75, 3.05) is 13.1 Å². The molecule has 1 aromatic rings. The van der Waals surface area contributed by atoms with Crippen molar-refractivity contribution in [1.82, 2.24) is 10.6 Å². The third-order valence-electron chi connectivity index (χ3n) is 2.54. The molecule has 6 heteroatoms. The number of aliphatic hydroxyl groups is 1. The Morgan fingerprint density at radius 1 is 1.37 bits per heavy atom. The molecule has 1 unspecified atom stereocenters. The number of nitrogens with one attached hydrogen (secondary N) is 2. The lowest BCUT2D eigenvalue weighted by Crippen LogP contribution is -2.31. The van der Waals surface area contributed by atoms with E-state index in [1.54, 1.807) is 13.0 Å². The highest BCUT2D eigenvalue weighted by Gasteiger charge is 2.07. The van der Waals surface area contributed by atoms with E-state index in [9.17, 15) is 9.59 Å². The predicted octanol–water partition coefficient (Wildman–Crippen LogP) is 0.677. The van der Waals surface area contributed by atoms with Crippen molar-refractivity contribution in [2.24, 2.45) is 0 Å². The maximum Gasteiger partial charge on any atom is 0.254 e. The lowest BCUT2D eigenvalue weighted by atomic mass is 10.2. The number of aliphatic hydroxyl groups excluding tert-OH is 1. The monoisotopic (exact) mass is 268 g/mol. The molecule has 6 nitrogen and oxygen atoms in total. The normalized spacial score (nSPS) is 11.9. The molecule has 0 radical (unpaired) electrons. The number of hydrogen-bond donors (Lipinski definition) is 3. The summed E-state index contributed by atoms with van der Waals surface area (Å²) in [6, 6.07) is 1.56. The van der Waals surface area contributed by atoms with Crippen LogP contribution in [0.25, 0.3) is 0 Å². The fraction of sp³-hybridized carbons (Fsp3) is 0.538. The second-order valence-corrected chi connectivity index (χ2v) is 4.36. The second-order valence-electron chi connectivity index (χ2n) is 4.36. The molecule has 3 N–H and O–H groups in total. The van der Waals surface area contributed by atoms with Crippen LogP contribution in [0.4, 0.5) is 0 Å². The molecule has 1 atom stereocenters. The molecule has 0 saturated heterocycles. The van der Waals surface area contributed by atoms with Crippen LogP contribution < -0.4 is 10.6 Å². The van der Waals surface area contributed by atoms with Crippen molar-refractivity contribution < 1.29 is 19.1 Å². The summed E-state index contributed by atoms with van der Waals surface area (Å²) in [6.07, 6.45) is 4.07. The van der Waals surface area contributed by atoms with E-state index in [1.165, 1.54) is 12.5 Å². The van der Waals surface area contributed by atoms with Gasteiger partial charge >= 0.3 is 0 Å². The number of rotatable bonds is 8. The molecule has 1 aromatic heterocycles. The van der Waals surface area contributed by atoms with Crippen LogP contribution in [-0.2, 0) is 4.79 Å². The van der Waals surface area contributed by atoms with E-state index in [4.69, 9.17) is 9.52 Å². The molecule has 19 heavy (non-hydrogen) atoms. The van der Waals surface area contributed by atoms with E-state index >= 15 is 0 Å².